The summed E-state index contributed by atoms with van der Waals surface area (Å²) in [5, 5.41) is 6.92. The van der Waals surface area contributed by atoms with Gasteiger partial charge >= 0.3 is 0 Å². The number of rotatable bonds is 7. The third kappa shape index (κ3) is 5.54. The van der Waals surface area contributed by atoms with E-state index in [0.717, 1.165) is 61.0 Å². The first-order valence-corrected chi connectivity index (χ1v) is 23.4. The van der Waals surface area contributed by atoms with Crippen molar-refractivity contribution >= 4 is 71.6 Å². The summed E-state index contributed by atoms with van der Waals surface area (Å²) in [6.45, 7) is 0. The Bertz CT molecular complexity index is 4030. The summed E-state index contributed by atoms with van der Waals surface area (Å²) in [6, 6.07) is 93.0. The molecule has 2 heterocycles. The second kappa shape index (κ2) is 15.1. The smallest absolute Gasteiger partial charge is 0.143 e. The lowest BCUT2D eigenvalue weighted by molar-refractivity contribution is 0.672. The van der Waals surface area contributed by atoms with Crippen LogP contribution in [0.5, 0.6) is 0 Å². The van der Waals surface area contributed by atoms with E-state index in [-0.39, 0.29) is 0 Å². The van der Waals surface area contributed by atoms with Gasteiger partial charge in [0.05, 0.1) is 33.2 Å². The normalized spacial score (nSPS) is 12.8. The third-order valence-electron chi connectivity index (χ3n) is 14.5. The van der Waals surface area contributed by atoms with Gasteiger partial charge in [-0.3, -0.25) is 0 Å². The molecule has 0 saturated carbocycles. The van der Waals surface area contributed by atoms with Crippen molar-refractivity contribution in [3.63, 3.8) is 0 Å². The zero-order valence-corrected chi connectivity index (χ0v) is 37.1. The molecule has 1 aliphatic rings. The van der Waals surface area contributed by atoms with Crippen molar-refractivity contribution in [3.05, 3.63) is 277 Å². The van der Waals surface area contributed by atoms with Crippen LogP contribution >= 0.6 is 0 Å². The van der Waals surface area contributed by atoms with Gasteiger partial charge in [0.15, 0.2) is 0 Å². The Morgan fingerprint density at radius 2 is 1.01 bits per heavy atom. The topological polar surface area (TPSA) is 21.3 Å². The molecule has 68 heavy (non-hydrogen) atoms. The number of nitrogens with zero attached hydrogens (tertiary/aromatic N) is 2. The second-order valence-electron chi connectivity index (χ2n) is 17.9. The molecule has 0 N–H and O–H groups in total. The van der Waals surface area contributed by atoms with E-state index in [9.17, 15) is 0 Å². The molecule has 2 aromatic heterocycles. The molecule has 0 amide bonds. The Kier molecular flexibility index (Phi) is 8.50. The molecule has 14 rings (SSSR count). The van der Waals surface area contributed by atoms with E-state index in [1.807, 2.05) is 0 Å². The Labute approximate surface area is 394 Å². The third-order valence-corrected chi connectivity index (χ3v) is 14.5. The van der Waals surface area contributed by atoms with Gasteiger partial charge in [-0.2, -0.15) is 0 Å². The largest absolute Gasteiger partial charge is 0.455 e. The van der Waals surface area contributed by atoms with Crippen molar-refractivity contribution in [1.29, 1.82) is 0 Å². The fourth-order valence-corrected chi connectivity index (χ4v) is 11.6. The summed E-state index contributed by atoms with van der Waals surface area (Å²) in [7, 11) is 0. The van der Waals surface area contributed by atoms with Crippen molar-refractivity contribution in [1.82, 2.24) is 4.57 Å². The van der Waals surface area contributed by atoms with Gasteiger partial charge < -0.3 is 13.9 Å². The quantitative estimate of drug-likeness (QED) is 0.159. The Balaban J connectivity index is 1.01. The molecule has 3 heteroatoms. The maximum atomic E-state index is 6.87. The predicted molar refractivity (Wildman–Crippen MR) is 283 cm³/mol. The molecule has 0 radical (unpaired) electrons. The van der Waals surface area contributed by atoms with E-state index in [0.29, 0.717) is 0 Å². The highest BCUT2D eigenvalue weighted by atomic mass is 16.3. The number of furan rings is 1. The fraction of sp³-hybridized carbons (Fsp3) is 0.0154. The average Bonchev–Trinajstić information content (AvgIpc) is 4.07. The first kappa shape index (κ1) is 38.4. The lowest BCUT2D eigenvalue weighted by Gasteiger charge is -2.34. The van der Waals surface area contributed by atoms with Crippen molar-refractivity contribution < 1.29 is 4.42 Å². The minimum atomic E-state index is -0.546. The van der Waals surface area contributed by atoms with Crippen LogP contribution in [0.1, 0.15) is 22.3 Å². The van der Waals surface area contributed by atoms with Crippen LogP contribution in [0.25, 0.3) is 82.5 Å². The molecule has 11 aromatic carbocycles. The van der Waals surface area contributed by atoms with Gasteiger partial charge in [-0.1, -0.05) is 188 Å². The number of hydrogen-bond donors (Lipinski definition) is 0. The summed E-state index contributed by atoms with van der Waals surface area (Å²) in [6.07, 6.45) is 0. The summed E-state index contributed by atoms with van der Waals surface area (Å²) in [4.78, 5) is 2.48. The Morgan fingerprint density at radius 3 is 1.81 bits per heavy atom. The average molecular weight is 867 g/mol. The number of hydrogen-bond acceptors (Lipinski definition) is 2. The summed E-state index contributed by atoms with van der Waals surface area (Å²) >= 11 is 0. The second-order valence-corrected chi connectivity index (χ2v) is 17.9. The molecule has 0 saturated heterocycles. The van der Waals surface area contributed by atoms with Gasteiger partial charge in [0.2, 0.25) is 0 Å². The first-order valence-electron chi connectivity index (χ1n) is 23.4. The Morgan fingerprint density at radius 1 is 0.397 bits per heavy atom. The minimum absolute atomic E-state index is 0.546. The number of aromatic nitrogens is 1. The van der Waals surface area contributed by atoms with Crippen molar-refractivity contribution in [2.24, 2.45) is 0 Å². The number of fused-ring (bicyclic) bond motifs is 11. The summed E-state index contributed by atoms with van der Waals surface area (Å²) in [5.41, 5.74) is 17.8. The van der Waals surface area contributed by atoms with Crippen LogP contribution < -0.4 is 4.90 Å². The zero-order valence-electron chi connectivity index (χ0n) is 37.1. The van der Waals surface area contributed by atoms with Crippen molar-refractivity contribution in [3.8, 4) is 27.9 Å². The van der Waals surface area contributed by atoms with Gasteiger partial charge in [-0.05, 0) is 111 Å². The lowest BCUT2D eigenvalue weighted by atomic mass is 9.68. The van der Waals surface area contributed by atoms with E-state index < -0.39 is 5.41 Å². The van der Waals surface area contributed by atoms with Gasteiger partial charge in [0.1, 0.15) is 11.2 Å². The highest BCUT2D eigenvalue weighted by Crippen LogP contribution is 2.60. The van der Waals surface area contributed by atoms with E-state index in [4.69, 9.17) is 4.42 Å². The zero-order chi connectivity index (χ0) is 44.8. The van der Waals surface area contributed by atoms with E-state index in [2.05, 4.69) is 264 Å². The van der Waals surface area contributed by atoms with Crippen LogP contribution in [0.15, 0.2) is 259 Å². The fourth-order valence-electron chi connectivity index (χ4n) is 11.6. The molecule has 13 aromatic rings. The molecular formula is C65H42N2O. The molecule has 0 fully saturated rings. The van der Waals surface area contributed by atoms with Gasteiger partial charge in [-0.25, -0.2) is 0 Å². The summed E-state index contributed by atoms with van der Waals surface area (Å²) < 4.78 is 9.24. The van der Waals surface area contributed by atoms with E-state index in [1.54, 1.807) is 0 Å². The minimum Gasteiger partial charge on any atom is -0.455 e. The maximum absolute atomic E-state index is 6.87. The van der Waals surface area contributed by atoms with Crippen molar-refractivity contribution in [2.75, 3.05) is 4.90 Å². The molecule has 0 bridgehead atoms. The standard InChI is InChI=1S/C65H42N2O/c1-4-19-46(20-5-1)65(47-21-6-2-7-22-47)55-28-14-12-27-52(55)62-56(65)29-16-31-59(62)67(60-32-17-33-61-63(60)53-40-36-44-18-10-11-25-50(44)64(53)68-61)49-38-34-43(35-39-49)45-37-41-58-54(42-45)51-26-13-15-30-57(51)66(58)48-23-8-3-9-24-48/h1-42H. The molecule has 318 valence electrons. The van der Waals surface area contributed by atoms with Crippen LogP contribution in [0.2, 0.25) is 0 Å². The molecule has 3 nitrogen and oxygen atoms in total. The van der Waals surface area contributed by atoms with Crippen LogP contribution in [0.3, 0.4) is 0 Å². The lowest BCUT2D eigenvalue weighted by Crippen LogP contribution is -2.28. The number of benzene rings is 11. The number of anilines is 3. The monoisotopic (exact) mass is 866 g/mol. The SMILES string of the molecule is c1ccc(-n2c3ccccc3c3cc(-c4ccc(N(c5cccc6c5-c5ccccc5C6(c5ccccc5)c5ccccc5)c5cccc6oc7c8ccccc8ccc7c56)cc4)ccc32)cc1. The Hall–Kier alpha value is -8.92. The van der Waals surface area contributed by atoms with Crippen LogP contribution in [0.4, 0.5) is 17.1 Å². The van der Waals surface area contributed by atoms with Crippen LogP contribution in [0, 0.1) is 0 Å². The highest BCUT2D eigenvalue weighted by molar-refractivity contribution is 6.20. The summed E-state index contributed by atoms with van der Waals surface area (Å²) in [5.74, 6) is 0. The van der Waals surface area contributed by atoms with Crippen LogP contribution in [-0.4, -0.2) is 4.57 Å². The predicted octanol–water partition coefficient (Wildman–Crippen LogP) is 17.3. The first-order chi connectivity index (χ1) is 33.8. The molecule has 1 aliphatic carbocycles. The number of para-hydroxylation sites is 2. The molecular weight excluding hydrogens is 825 g/mol. The molecule has 0 aliphatic heterocycles. The van der Waals surface area contributed by atoms with E-state index >= 15 is 0 Å². The highest BCUT2D eigenvalue weighted by Gasteiger charge is 2.47. The molecule has 0 spiro atoms. The van der Waals surface area contributed by atoms with Gasteiger partial charge in [0, 0.05) is 38.5 Å². The van der Waals surface area contributed by atoms with Crippen molar-refractivity contribution in [2.45, 2.75) is 5.41 Å². The van der Waals surface area contributed by atoms with E-state index in [1.165, 1.54) is 60.8 Å². The van der Waals surface area contributed by atoms with Crippen LogP contribution in [-0.2, 0) is 5.41 Å². The molecule has 0 unspecified atom stereocenters. The maximum Gasteiger partial charge on any atom is 0.143 e. The van der Waals surface area contributed by atoms with Gasteiger partial charge in [0.25, 0.3) is 0 Å². The van der Waals surface area contributed by atoms with Gasteiger partial charge in [-0.15, -0.1) is 0 Å². The molecule has 0 atom stereocenters.